The first-order valence-corrected chi connectivity index (χ1v) is 12.0. The van der Waals surface area contributed by atoms with Crippen molar-refractivity contribution in [2.24, 2.45) is 0 Å². The number of piperazine rings is 2. The number of amides is 3. The van der Waals surface area contributed by atoms with Crippen LogP contribution in [0, 0.1) is 6.92 Å². The summed E-state index contributed by atoms with van der Waals surface area (Å²) in [6.45, 7) is 5.98. The maximum absolute atomic E-state index is 13.2. The average molecular weight is 480 g/mol. The summed E-state index contributed by atoms with van der Waals surface area (Å²) >= 11 is 0. The third-order valence-electron chi connectivity index (χ3n) is 6.52. The topological polar surface area (TPSA) is 94.2 Å². The fourth-order valence-corrected chi connectivity index (χ4v) is 4.56. The van der Waals surface area contributed by atoms with E-state index in [9.17, 15) is 14.4 Å². The van der Waals surface area contributed by atoms with Gasteiger partial charge in [-0.2, -0.15) is 0 Å². The molecule has 0 saturated carbocycles. The summed E-state index contributed by atoms with van der Waals surface area (Å²) in [4.78, 5) is 44.3. The van der Waals surface area contributed by atoms with Gasteiger partial charge in [-0.25, -0.2) is 0 Å². The van der Waals surface area contributed by atoms with Crippen molar-refractivity contribution in [3.05, 3.63) is 54.1 Å². The molecule has 35 heavy (non-hydrogen) atoms. The van der Waals surface area contributed by atoms with E-state index in [1.807, 2.05) is 55.5 Å². The van der Waals surface area contributed by atoms with Crippen LogP contribution in [0.3, 0.4) is 0 Å². The van der Waals surface area contributed by atoms with Crippen molar-refractivity contribution in [1.82, 2.24) is 15.1 Å². The summed E-state index contributed by atoms with van der Waals surface area (Å²) in [7, 11) is 1.67. The fourth-order valence-electron chi connectivity index (χ4n) is 4.56. The van der Waals surface area contributed by atoms with Crippen molar-refractivity contribution in [1.29, 1.82) is 0 Å². The summed E-state index contributed by atoms with van der Waals surface area (Å²) in [5.41, 5.74) is 2.81. The first-order chi connectivity index (χ1) is 16.9. The van der Waals surface area contributed by atoms with Gasteiger partial charge in [-0.15, -0.1) is 0 Å². The van der Waals surface area contributed by atoms with Crippen molar-refractivity contribution in [3.63, 3.8) is 0 Å². The Morgan fingerprint density at radius 2 is 1.74 bits per heavy atom. The van der Waals surface area contributed by atoms with Gasteiger partial charge >= 0.3 is 0 Å². The van der Waals surface area contributed by atoms with Crippen molar-refractivity contribution >= 4 is 29.1 Å². The number of rotatable bonds is 7. The quantitative estimate of drug-likeness (QED) is 0.625. The molecule has 2 aromatic carbocycles. The van der Waals surface area contributed by atoms with Gasteiger partial charge in [0, 0.05) is 45.0 Å². The van der Waals surface area contributed by atoms with Gasteiger partial charge in [-0.05, 0) is 31.2 Å². The second kappa shape index (κ2) is 11.2. The normalized spacial score (nSPS) is 18.7. The Balaban J connectivity index is 1.33. The molecule has 2 aliphatic rings. The number of carbonyl (C=O) groups is 3. The highest BCUT2D eigenvalue weighted by Crippen LogP contribution is 2.28. The van der Waals surface area contributed by atoms with Gasteiger partial charge in [0.05, 0.1) is 25.8 Å². The minimum atomic E-state index is -0.809. The number of benzene rings is 2. The Kier molecular flexibility index (Phi) is 7.87. The lowest BCUT2D eigenvalue weighted by molar-refractivity contribution is -0.145. The Bertz CT molecular complexity index is 1050. The lowest BCUT2D eigenvalue weighted by atomic mass is 10.1. The standard InChI is InChI=1S/C26H33N5O4/c1-19-7-9-20(10-8-19)28-24(32)17-22-26(34)27-11-12-31(22)25(33)18-29-13-15-30(16-14-29)21-5-3-4-6-23(21)35-2/h3-10,22H,11-18H2,1-2H3,(H,27,34)(H,28,32). The maximum Gasteiger partial charge on any atom is 0.243 e. The third kappa shape index (κ3) is 6.10. The van der Waals surface area contributed by atoms with Gasteiger partial charge in [0.25, 0.3) is 0 Å². The van der Waals surface area contributed by atoms with E-state index in [4.69, 9.17) is 4.74 Å². The first-order valence-electron chi connectivity index (χ1n) is 12.0. The minimum absolute atomic E-state index is 0.0764. The number of aryl methyl sites for hydroxylation is 1. The molecule has 4 rings (SSSR count). The largest absolute Gasteiger partial charge is 0.495 e. The van der Waals surface area contributed by atoms with Gasteiger partial charge in [0.1, 0.15) is 11.8 Å². The summed E-state index contributed by atoms with van der Waals surface area (Å²) in [6, 6.07) is 14.6. The molecule has 0 aliphatic carbocycles. The third-order valence-corrected chi connectivity index (χ3v) is 6.52. The molecule has 9 heteroatoms. The Hall–Kier alpha value is -3.59. The van der Waals surface area contributed by atoms with Crippen LogP contribution in [0.2, 0.25) is 0 Å². The van der Waals surface area contributed by atoms with Crippen LogP contribution in [-0.2, 0) is 14.4 Å². The van der Waals surface area contributed by atoms with Crippen LogP contribution in [0.25, 0.3) is 0 Å². The summed E-state index contributed by atoms with van der Waals surface area (Å²) in [6.07, 6.45) is -0.0764. The van der Waals surface area contributed by atoms with Crippen molar-refractivity contribution < 1.29 is 19.1 Å². The van der Waals surface area contributed by atoms with Crippen molar-refractivity contribution in [2.75, 3.05) is 63.1 Å². The maximum atomic E-state index is 13.2. The SMILES string of the molecule is COc1ccccc1N1CCN(CC(=O)N2CCNC(=O)C2CC(=O)Nc2ccc(C)cc2)CC1. The number of hydrogen-bond donors (Lipinski definition) is 2. The summed E-state index contributed by atoms with van der Waals surface area (Å²) in [5.74, 6) is 0.130. The van der Waals surface area contributed by atoms with Crippen LogP contribution in [-0.4, -0.2) is 86.5 Å². The van der Waals surface area contributed by atoms with Crippen LogP contribution < -0.4 is 20.3 Å². The number of anilines is 2. The lowest BCUT2D eigenvalue weighted by Gasteiger charge is -2.39. The average Bonchev–Trinajstić information content (AvgIpc) is 2.87. The molecule has 0 radical (unpaired) electrons. The Morgan fingerprint density at radius 1 is 1.03 bits per heavy atom. The second-order valence-electron chi connectivity index (χ2n) is 8.95. The minimum Gasteiger partial charge on any atom is -0.495 e. The lowest BCUT2D eigenvalue weighted by Crippen LogP contribution is -2.60. The second-order valence-corrected chi connectivity index (χ2v) is 8.95. The molecule has 0 bridgehead atoms. The molecular formula is C26H33N5O4. The van der Waals surface area contributed by atoms with E-state index >= 15 is 0 Å². The van der Waals surface area contributed by atoms with Gasteiger partial charge in [-0.3, -0.25) is 19.3 Å². The number of methoxy groups -OCH3 is 1. The Morgan fingerprint density at radius 3 is 2.46 bits per heavy atom. The molecule has 0 spiro atoms. The van der Waals surface area contributed by atoms with Crippen LogP contribution in [0.15, 0.2) is 48.5 Å². The molecule has 0 aromatic heterocycles. The summed E-state index contributed by atoms with van der Waals surface area (Å²) in [5, 5.41) is 5.61. The number of hydrogen-bond acceptors (Lipinski definition) is 6. The van der Waals surface area contributed by atoms with E-state index in [2.05, 4.69) is 20.4 Å². The molecule has 3 amide bonds. The number of carbonyl (C=O) groups excluding carboxylic acids is 3. The van der Waals surface area contributed by atoms with E-state index < -0.39 is 6.04 Å². The molecule has 2 fully saturated rings. The highest BCUT2D eigenvalue weighted by molar-refractivity contribution is 5.97. The summed E-state index contributed by atoms with van der Waals surface area (Å²) < 4.78 is 5.48. The molecule has 1 unspecified atom stereocenters. The van der Waals surface area contributed by atoms with E-state index in [1.165, 1.54) is 0 Å². The predicted octanol–water partition coefficient (Wildman–Crippen LogP) is 1.48. The smallest absolute Gasteiger partial charge is 0.243 e. The molecule has 2 N–H and O–H groups in total. The molecular weight excluding hydrogens is 446 g/mol. The zero-order valence-electron chi connectivity index (χ0n) is 20.3. The van der Waals surface area contributed by atoms with Crippen molar-refractivity contribution in [3.8, 4) is 5.75 Å². The Labute approximate surface area is 206 Å². The number of ether oxygens (including phenoxy) is 1. The zero-order chi connectivity index (χ0) is 24.8. The highest BCUT2D eigenvalue weighted by Gasteiger charge is 2.35. The van der Waals surface area contributed by atoms with E-state index in [-0.39, 0.29) is 30.7 Å². The van der Waals surface area contributed by atoms with Crippen molar-refractivity contribution in [2.45, 2.75) is 19.4 Å². The molecule has 1 atom stereocenters. The van der Waals surface area contributed by atoms with Gasteiger partial charge in [0.2, 0.25) is 17.7 Å². The van der Waals surface area contributed by atoms with Crippen LogP contribution >= 0.6 is 0 Å². The molecule has 2 saturated heterocycles. The van der Waals surface area contributed by atoms with Crippen LogP contribution in [0.4, 0.5) is 11.4 Å². The molecule has 2 aromatic rings. The number of nitrogens with one attached hydrogen (secondary N) is 2. The number of nitrogens with zero attached hydrogens (tertiary/aromatic N) is 3. The van der Waals surface area contributed by atoms with Crippen LogP contribution in [0.1, 0.15) is 12.0 Å². The van der Waals surface area contributed by atoms with Crippen LogP contribution in [0.5, 0.6) is 5.75 Å². The molecule has 2 aliphatic heterocycles. The van der Waals surface area contributed by atoms with E-state index in [0.29, 0.717) is 18.8 Å². The number of para-hydroxylation sites is 2. The first kappa shape index (κ1) is 24.5. The van der Waals surface area contributed by atoms with E-state index in [0.717, 1.165) is 43.2 Å². The monoisotopic (exact) mass is 479 g/mol. The zero-order valence-corrected chi connectivity index (χ0v) is 20.3. The molecule has 9 nitrogen and oxygen atoms in total. The van der Waals surface area contributed by atoms with E-state index in [1.54, 1.807) is 12.0 Å². The molecule has 186 valence electrons. The van der Waals surface area contributed by atoms with Gasteiger partial charge in [0.15, 0.2) is 0 Å². The predicted molar refractivity (Wildman–Crippen MR) is 135 cm³/mol. The fraction of sp³-hybridized carbons (Fsp3) is 0.423. The highest BCUT2D eigenvalue weighted by atomic mass is 16.5. The molecule has 2 heterocycles. The van der Waals surface area contributed by atoms with Gasteiger partial charge in [-0.1, -0.05) is 29.8 Å². The van der Waals surface area contributed by atoms with Gasteiger partial charge < -0.3 is 25.2 Å².